The quantitative estimate of drug-likeness (QED) is 0.386. The number of amides is 1. The van der Waals surface area contributed by atoms with Crippen LogP contribution in [0, 0.1) is 0 Å². The fraction of sp³-hybridized carbons (Fsp3) is 0.190. The number of hydrogen-bond donors (Lipinski definition) is 1. The van der Waals surface area contributed by atoms with Crippen molar-refractivity contribution < 1.29 is 9.53 Å². The lowest BCUT2D eigenvalue weighted by atomic mass is 10.2. The van der Waals surface area contributed by atoms with Crippen LogP contribution in [0.4, 0.5) is 5.13 Å². The van der Waals surface area contributed by atoms with Crippen molar-refractivity contribution in [2.45, 2.75) is 26.5 Å². The van der Waals surface area contributed by atoms with E-state index in [1.54, 1.807) is 28.9 Å². The lowest BCUT2D eigenvalue weighted by Gasteiger charge is -2.09. The van der Waals surface area contributed by atoms with Crippen LogP contribution in [0.15, 0.2) is 58.4 Å². The SMILES string of the molecule is CC(C)n1nnnc1COc1ccc(C(=O)Nc2nc(-c3ccc(Br)cc3)cs2)cc1. The number of carbonyl (C=O) groups is 1. The minimum absolute atomic E-state index is 0.148. The van der Waals surface area contributed by atoms with E-state index in [2.05, 4.69) is 41.8 Å². The number of hydrogen-bond acceptors (Lipinski definition) is 7. The number of thiazole rings is 1. The molecule has 0 radical (unpaired) electrons. The van der Waals surface area contributed by atoms with Gasteiger partial charge in [-0.15, -0.1) is 16.4 Å². The van der Waals surface area contributed by atoms with Gasteiger partial charge >= 0.3 is 0 Å². The number of benzene rings is 2. The molecule has 2 aromatic heterocycles. The number of nitrogens with zero attached hydrogens (tertiary/aromatic N) is 5. The van der Waals surface area contributed by atoms with Gasteiger partial charge in [-0.2, -0.15) is 0 Å². The molecule has 2 heterocycles. The number of ether oxygens (including phenoxy) is 1. The highest BCUT2D eigenvalue weighted by molar-refractivity contribution is 9.10. The van der Waals surface area contributed by atoms with Crippen molar-refractivity contribution in [2.24, 2.45) is 0 Å². The normalized spacial score (nSPS) is 11.0. The zero-order chi connectivity index (χ0) is 21.8. The van der Waals surface area contributed by atoms with E-state index in [9.17, 15) is 4.79 Å². The van der Waals surface area contributed by atoms with E-state index in [0.29, 0.717) is 22.3 Å². The highest BCUT2D eigenvalue weighted by atomic mass is 79.9. The predicted molar refractivity (Wildman–Crippen MR) is 122 cm³/mol. The summed E-state index contributed by atoms with van der Waals surface area (Å²) in [6, 6.07) is 14.9. The van der Waals surface area contributed by atoms with E-state index in [-0.39, 0.29) is 18.6 Å². The van der Waals surface area contributed by atoms with Crippen LogP contribution in [0.2, 0.25) is 0 Å². The molecule has 2 aromatic carbocycles. The zero-order valence-electron chi connectivity index (χ0n) is 16.8. The highest BCUT2D eigenvalue weighted by Gasteiger charge is 2.12. The Morgan fingerprint density at radius 2 is 1.90 bits per heavy atom. The van der Waals surface area contributed by atoms with Crippen molar-refractivity contribution in [3.8, 4) is 17.0 Å². The van der Waals surface area contributed by atoms with E-state index < -0.39 is 0 Å². The van der Waals surface area contributed by atoms with E-state index in [1.165, 1.54) is 11.3 Å². The average Bonchev–Trinajstić information content (AvgIpc) is 3.43. The van der Waals surface area contributed by atoms with Gasteiger partial charge in [0.1, 0.15) is 12.4 Å². The minimum atomic E-state index is -0.230. The maximum atomic E-state index is 12.6. The lowest BCUT2D eigenvalue weighted by Crippen LogP contribution is -2.12. The molecule has 8 nitrogen and oxygen atoms in total. The molecule has 0 spiro atoms. The standard InChI is InChI=1S/C21H19BrN6O2S/c1-13(2)28-19(25-26-27-28)11-30-17-9-5-15(6-10-17)20(29)24-21-23-18(12-31-21)14-3-7-16(22)8-4-14/h3-10,12-13H,11H2,1-2H3,(H,23,24,29). The topological polar surface area (TPSA) is 94.8 Å². The fourth-order valence-electron chi connectivity index (χ4n) is 2.81. The van der Waals surface area contributed by atoms with E-state index in [1.807, 2.05) is 43.5 Å². The molecule has 4 rings (SSSR count). The lowest BCUT2D eigenvalue weighted by molar-refractivity contribution is 0.102. The summed E-state index contributed by atoms with van der Waals surface area (Å²) in [4.78, 5) is 17.1. The zero-order valence-corrected chi connectivity index (χ0v) is 19.2. The fourth-order valence-corrected chi connectivity index (χ4v) is 3.79. The molecule has 0 aliphatic carbocycles. The second-order valence-corrected chi connectivity index (χ2v) is 8.72. The van der Waals surface area contributed by atoms with Crippen LogP contribution in [0.1, 0.15) is 36.1 Å². The third-order valence-corrected chi connectivity index (χ3v) is 5.69. The van der Waals surface area contributed by atoms with Crippen molar-refractivity contribution >= 4 is 38.3 Å². The third-order valence-electron chi connectivity index (χ3n) is 4.40. The number of halogens is 1. The molecule has 0 aliphatic heterocycles. The molecular weight excluding hydrogens is 480 g/mol. The van der Waals surface area contributed by atoms with Crippen LogP contribution in [0.25, 0.3) is 11.3 Å². The monoisotopic (exact) mass is 498 g/mol. The third kappa shape index (κ3) is 5.15. The van der Waals surface area contributed by atoms with Crippen molar-refractivity contribution in [1.82, 2.24) is 25.2 Å². The van der Waals surface area contributed by atoms with Gasteiger partial charge in [0.05, 0.1) is 11.7 Å². The Hall–Kier alpha value is -3.11. The number of anilines is 1. The summed E-state index contributed by atoms with van der Waals surface area (Å²) >= 11 is 4.81. The van der Waals surface area contributed by atoms with Crippen LogP contribution < -0.4 is 10.1 Å². The first-order valence-electron chi connectivity index (χ1n) is 9.52. The van der Waals surface area contributed by atoms with Gasteiger partial charge in [0.25, 0.3) is 5.91 Å². The van der Waals surface area contributed by atoms with Gasteiger partial charge in [-0.3, -0.25) is 10.1 Å². The molecule has 4 aromatic rings. The molecule has 0 atom stereocenters. The molecular formula is C21H19BrN6O2S. The van der Waals surface area contributed by atoms with E-state index in [0.717, 1.165) is 15.7 Å². The second-order valence-electron chi connectivity index (χ2n) is 6.95. The Kier molecular flexibility index (Phi) is 6.38. The van der Waals surface area contributed by atoms with Crippen molar-refractivity contribution in [3.63, 3.8) is 0 Å². The Labute approximate surface area is 191 Å². The van der Waals surface area contributed by atoms with Crippen LogP contribution >= 0.6 is 27.3 Å². The van der Waals surface area contributed by atoms with Gasteiger partial charge in [-0.25, -0.2) is 9.67 Å². The van der Waals surface area contributed by atoms with Crippen LogP contribution in [-0.4, -0.2) is 31.1 Å². The molecule has 31 heavy (non-hydrogen) atoms. The van der Waals surface area contributed by atoms with Gasteiger partial charge < -0.3 is 4.74 Å². The van der Waals surface area contributed by atoms with Crippen LogP contribution in [-0.2, 0) is 6.61 Å². The van der Waals surface area contributed by atoms with Gasteiger partial charge in [0.15, 0.2) is 11.0 Å². The maximum absolute atomic E-state index is 12.6. The van der Waals surface area contributed by atoms with Gasteiger partial charge in [-0.1, -0.05) is 28.1 Å². The molecule has 0 bridgehead atoms. The van der Waals surface area contributed by atoms with Crippen LogP contribution in [0.5, 0.6) is 5.75 Å². The second kappa shape index (κ2) is 9.36. The number of aromatic nitrogens is 5. The maximum Gasteiger partial charge on any atom is 0.257 e. The van der Waals surface area contributed by atoms with Crippen LogP contribution in [0.3, 0.4) is 0 Å². The Morgan fingerprint density at radius 3 is 2.61 bits per heavy atom. The summed E-state index contributed by atoms with van der Waals surface area (Å²) in [6.07, 6.45) is 0. The molecule has 0 saturated carbocycles. The van der Waals surface area contributed by atoms with Crippen molar-refractivity contribution in [3.05, 3.63) is 69.8 Å². The molecule has 1 amide bonds. The van der Waals surface area contributed by atoms with Crippen molar-refractivity contribution in [2.75, 3.05) is 5.32 Å². The van der Waals surface area contributed by atoms with E-state index in [4.69, 9.17) is 4.74 Å². The summed E-state index contributed by atoms with van der Waals surface area (Å²) in [5, 5.41) is 16.9. The number of nitrogens with one attached hydrogen (secondary N) is 1. The van der Waals surface area contributed by atoms with Gasteiger partial charge in [0, 0.05) is 21.0 Å². The molecule has 0 unspecified atom stereocenters. The molecule has 0 fully saturated rings. The first-order chi connectivity index (χ1) is 15.0. The Balaban J connectivity index is 1.36. The number of carbonyl (C=O) groups excluding carboxylic acids is 1. The number of rotatable bonds is 7. The summed E-state index contributed by atoms with van der Waals surface area (Å²) in [6.45, 7) is 4.24. The Bertz CT molecular complexity index is 1170. The first kappa shape index (κ1) is 21.1. The van der Waals surface area contributed by atoms with E-state index >= 15 is 0 Å². The molecule has 0 aliphatic rings. The van der Waals surface area contributed by atoms with Gasteiger partial charge in [-0.05, 0) is 60.7 Å². The minimum Gasteiger partial charge on any atom is -0.486 e. The smallest absolute Gasteiger partial charge is 0.257 e. The number of tetrazole rings is 1. The average molecular weight is 499 g/mol. The Morgan fingerprint density at radius 1 is 1.16 bits per heavy atom. The highest BCUT2D eigenvalue weighted by Crippen LogP contribution is 2.26. The van der Waals surface area contributed by atoms with Gasteiger partial charge in [0.2, 0.25) is 0 Å². The summed E-state index contributed by atoms with van der Waals surface area (Å²) < 4.78 is 8.46. The van der Waals surface area contributed by atoms with Crippen molar-refractivity contribution in [1.29, 1.82) is 0 Å². The molecule has 158 valence electrons. The summed E-state index contributed by atoms with van der Waals surface area (Å²) in [7, 11) is 0. The molecule has 0 saturated heterocycles. The molecule has 10 heteroatoms. The molecule has 1 N–H and O–H groups in total. The summed E-state index contributed by atoms with van der Waals surface area (Å²) in [5.74, 6) is 1.04. The largest absolute Gasteiger partial charge is 0.486 e. The first-order valence-corrected chi connectivity index (χ1v) is 11.2. The summed E-state index contributed by atoms with van der Waals surface area (Å²) in [5.41, 5.74) is 2.32. The predicted octanol–water partition coefficient (Wildman–Crippen LogP) is 4.97.